The molecular formula is C137H86N10. The Morgan fingerprint density at radius 1 is 0.184 bits per heavy atom. The molecule has 0 bridgehead atoms. The molecule has 684 valence electrons. The first-order valence-electron chi connectivity index (χ1n) is 49.4. The van der Waals surface area contributed by atoms with Gasteiger partial charge in [0.1, 0.15) is 0 Å². The quantitative estimate of drug-likeness (QED) is 0.0782. The summed E-state index contributed by atoms with van der Waals surface area (Å²) in [6.07, 6.45) is 11.2. The highest BCUT2D eigenvalue weighted by Crippen LogP contribution is 2.47. The molecule has 0 fully saturated rings. The van der Waals surface area contributed by atoms with Crippen LogP contribution in [0.15, 0.2) is 522 Å². The van der Waals surface area contributed by atoms with Crippen LogP contribution in [0.3, 0.4) is 0 Å². The van der Waals surface area contributed by atoms with E-state index in [2.05, 4.69) is 437 Å². The monoisotopic (exact) mass is 1870 g/mol. The lowest BCUT2D eigenvalue weighted by Gasteiger charge is -2.15. The molecule has 147 heavy (non-hydrogen) atoms. The van der Waals surface area contributed by atoms with E-state index in [9.17, 15) is 0 Å². The molecule has 8 heterocycles. The van der Waals surface area contributed by atoms with Crippen LogP contribution in [0.4, 0.5) is 5.69 Å². The van der Waals surface area contributed by atoms with Crippen molar-refractivity contribution in [2.75, 3.05) is 0 Å². The molecule has 0 aliphatic carbocycles. The maximum atomic E-state index is 7.66. The fourth-order valence-corrected chi connectivity index (χ4v) is 21.2. The van der Waals surface area contributed by atoms with Crippen LogP contribution in [-0.4, -0.2) is 44.4 Å². The minimum absolute atomic E-state index is 0.639. The maximum absolute atomic E-state index is 7.66. The molecule has 0 atom stereocenters. The van der Waals surface area contributed by atoms with Gasteiger partial charge in [0.25, 0.3) is 0 Å². The van der Waals surface area contributed by atoms with Crippen molar-refractivity contribution in [3.05, 3.63) is 534 Å². The van der Waals surface area contributed by atoms with Gasteiger partial charge in [-0.05, 0) is 208 Å². The topological polar surface area (TPSA) is 112 Å². The Balaban J connectivity index is 0.000000112. The fraction of sp³-hybridized carbons (Fsp3) is 0. The Bertz CT molecular complexity index is 9540. The van der Waals surface area contributed by atoms with Gasteiger partial charge in [0.05, 0.1) is 62.6 Å². The van der Waals surface area contributed by atoms with Gasteiger partial charge < -0.3 is 4.57 Å². The van der Waals surface area contributed by atoms with Crippen LogP contribution in [0.5, 0.6) is 0 Å². The molecule has 0 amide bonds. The van der Waals surface area contributed by atoms with Gasteiger partial charge in [0, 0.05) is 147 Å². The van der Waals surface area contributed by atoms with Crippen LogP contribution in [-0.2, 0) is 0 Å². The number of benzene rings is 20. The standard InChI is InChI=1S/C47H28N4.2C45H29N3/c1-48-36-20-24-45-42(28-36)41-26-33(19-23-44(41)51(45)37-10-3-2-4-11-37)30-13-15-32(16-14-30)47-40-22-17-31-8-5-6-12-38(31)46(40)39-21-18-34(27-43(39)50-47)35-9-7-25-49-29-35;1-4-13-30(14-5-1)34-24-25-38-42(28-34)46-44(39-26-23-31-15-10-11-22-37(31)43(38)39)35-20-12-21-36(27-35)45-47-40(32-16-6-2-7-17-32)29-41(48-45)33-18-8-3-9-19-33;1-2-9-30(10-3-1)33-18-19-41-43(27-33)48-45(42-20-17-31-11-4-5-16-40(31)44(41)42)34-13-6-12-32(23-34)37-24-38(35-14-7-21-46-28-35)26-39(25-37)36-15-8-22-47-29-36/h2-29H;2*1-29H. The Labute approximate surface area is 848 Å². The number of aromatic nitrogens is 9. The zero-order chi connectivity index (χ0) is 97.6. The number of fused-ring (bicyclic) bond motifs is 18. The normalized spacial score (nSPS) is 11.4. The van der Waals surface area contributed by atoms with Crippen molar-refractivity contribution in [1.29, 1.82) is 0 Å². The molecule has 0 saturated carbocycles. The number of hydrogen-bond acceptors (Lipinski definition) is 8. The second kappa shape index (κ2) is 37.9. The van der Waals surface area contributed by atoms with Gasteiger partial charge in [-0.2, -0.15) is 0 Å². The van der Waals surface area contributed by atoms with Gasteiger partial charge in [0.2, 0.25) is 0 Å². The molecule has 10 heteroatoms. The summed E-state index contributed by atoms with van der Waals surface area (Å²) < 4.78 is 2.28. The second-order valence-corrected chi connectivity index (χ2v) is 37.1. The molecule has 0 N–H and O–H groups in total. The first-order chi connectivity index (χ1) is 72.8. The van der Waals surface area contributed by atoms with E-state index in [4.69, 9.17) is 31.5 Å². The Kier molecular flexibility index (Phi) is 22.5. The van der Waals surface area contributed by atoms with E-state index in [1.54, 1.807) is 6.20 Å². The molecule has 0 saturated heterocycles. The fourth-order valence-electron chi connectivity index (χ4n) is 21.2. The van der Waals surface area contributed by atoms with Crippen molar-refractivity contribution < 1.29 is 0 Å². The Morgan fingerprint density at radius 2 is 0.497 bits per heavy atom. The maximum Gasteiger partial charge on any atom is 0.188 e. The number of pyridine rings is 6. The number of hydrogen-bond donors (Lipinski definition) is 0. The highest BCUT2D eigenvalue weighted by Gasteiger charge is 2.24. The van der Waals surface area contributed by atoms with Crippen molar-refractivity contribution >= 4 is 125 Å². The predicted octanol–water partition coefficient (Wildman–Crippen LogP) is 35.9. The van der Waals surface area contributed by atoms with Gasteiger partial charge in [-0.25, -0.2) is 29.8 Å². The largest absolute Gasteiger partial charge is 0.309 e. The van der Waals surface area contributed by atoms with E-state index in [-0.39, 0.29) is 0 Å². The van der Waals surface area contributed by atoms with Crippen molar-refractivity contribution in [2.24, 2.45) is 0 Å². The summed E-state index contributed by atoms with van der Waals surface area (Å²) in [5.74, 6) is 0.680. The van der Waals surface area contributed by atoms with Gasteiger partial charge in [-0.3, -0.25) is 15.0 Å². The van der Waals surface area contributed by atoms with Crippen LogP contribution in [0, 0.1) is 6.57 Å². The lowest BCUT2D eigenvalue weighted by Crippen LogP contribution is -1.96. The molecule has 28 aromatic rings. The first kappa shape index (κ1) is 87.3. The molecule has 20 aromatic carbocycles. The summed E-state index contributed by atoms with van der Waals surface area (Å²) in [6.45, 7) is 7.66. The van der Waals surface area contributed by atoms with Gasteiger partial charge in [-0.15, -0.1) is 0 Å². The van der Waals surface area contributed by atoms with Crippen LogP contribution < -0.4 is 0 Å². The Hall–Kier alpha value is -20.0. The minimum atomic E-state index is 0.639. The summed E-state index contributed by atoms with van der Waals surface area (Å²) in [4.78, 5) is 43.2. The van der Waals surface area contributed by atoms with E-state index in [0.29, 0.717) is 11.5 Å². The van der Waals surface area contributed by atoms with Crippen molar-refractivity contribution in [1.82, 2.24) is 44.4 Å². The molecule has 0 unspecified atom stereocenters. The third-order valence-corrected chi connectivity index (χ3v) is 28.3. The van der Waals surface area contributed by atoms with Crippen LogP contribution >= 0.6 is 0 Å². The average molecular weight is 1870 g/mol. The van der Waals surface area contributed by atoms with Gasteiger partial charge >= 0.3 is 0 Å². The van der Waals surface area contributed by atoms with Crippen LogP contribution in [0.1, 0.15) is 0 Å². The lowest BCUT2D eigenvalue weighted by atomic mass is 9.91. The molecular weight excluding hydrogens is 1790 g/mol. The SMILES string of the molecule is [C-]#[N+]c1ccc2c(c1)c1cc(-c3ccc(-c4nc5cc(-c6cccnc6)ccc5c5c4ccc4ccccc45)cc3)ccc1n2-c1ccccc1.c1ccc(-c2ccc3c(c2)nc(-c2cccc(-c4cc(-c5cccnc5)cc(-c5cccnc5)c4)c2)c2ccc4ccccc4c23)cc1.c1ccc(-c2ccc3c(c2)nc(-c2cccc(-c4nc(-c5ccccc5)cc(-c5ccccc5)n4)c2)c2ccc4ccccc4c23)cc1. The molecule has 0 aliphatic heterocycles. The number of rotatable bonds is 14. The van der Waals surface area contributed by atoms with Gasteiger partial charge in [-0.1, -0.05) is 376 Å². The molecule has 10 nitrogen and oxygen atoms in total. The third-order valence-electron chi connectivity index (χ3n) is 28.3. The first-order valence-corrected chi connectivity index (χ1v) is 49.4. The predicted molar refractivity (Wildman–Crippen MR) is 611 cm³/mol. The van der Waals surface area contributed by atoms with E-state index >= 15 is 0 Å². The van der Waals surface area contributed by atoms with Crippen molar-refractivity contribution in [2.45, 2.75) is 0 Å². The summed E-state index contributed by atoms with van der Waals surface area (Å²) in [6, 6.07) is 171. The minimum Gasteiger partial charge on any atom is -0.309 e. The summed E-state index contributed by atoms with van der Waals surface area (Å²) in [7, 11) is 0. The summed E-state index contributed by atoms with van der Waals surface area (Å²) >= 11 is 0. The molecule has 0 radical (unpaired) electrons. The smallest absolute Gasteiger partial charge is 0.188 e. The summed E-state index contributed by atoms with van der Waals surface area (Å²) in [5.41, 5.74) is 33.4. The lowest BCUT2D eigenvalue weighted by molar-refractivity contribution is 1.18. The molecule has 0 aliphatic rings. The zero-order valence-corrected chi connectivity index (χ0v) is 79.6. The third kappa shape index (κ3) is 16.7. The van der Waals surface area contributed by atoms with E-state index in [1.165, 1.54) is 59.6 Å². The van der Waals surface area contributed by atoms with E-state index in [0.717, 1.165) is 205 Å². The van der Waals surface area contributed by atoms with Crippen molar-refractivity contribution in [3.63, 3.8) is 0 Å². The van der Waals surface area contributed by atoms with Gasteiger partial charge in [0.15, 0.2) is 11.5 Å². The molecule has 0 spiro atoms. The highest BCUT2D eigenvalue weighted by atomic mass is 15.0. The second-order valence-electron chi connectivity index (χ2n) is 37.1. The highest BCUT2D eigenvalue weighted by molar-refractivity contribution is 6.26. The zero-order valence-electron chi connectivity index (χ0n) is 79.6. The van der Waals surface area contributed by atoms with E-state index in [1.807, 2.05) is 104 Å². The summed E-state index contributed by atoms with van der Waals surface area (Å²) in [5, 5.41) is 20.0. The van der Waals surface area contributed by atoms with Crippen molar-refractivity contribution in [3.8, 4) is 151 Å². The average Bonchev–Trinajstić information content (AvgIpc) is 1.56. The van der Waals surface area contributed by atoms with Crippen LogP contribution in [0.2, 0.25) is 0 Å². The molecule has 8 aromatic heterocycles. The number of nitrogens with zero attached hydrogens (tertiary/aromatic N) is 10. The Morgan fingerprint density at radius 3 is 0.946 bits per heavy atom. The van der Waals surface area contributed by atoms with Crippen LogP contribution in [0.25, 0.3) is 275 Å². The molecule has 28 rings (SSSR count). The van der Waals surface area contributed by atoms with E-state index < -0.39 is 0 Å². The number of para-hydroxylation sites is 1.